The van der Waals surface area contributed by atoms with Crippen LogP contribution < -0.4 is 0 Å². The molecular weight excluding hydrogens is 300 g/mol. The van der Waals surface area contributed by atoms with Gasteiger partial charge >= 0.3 is 5.97 Å². The molecule has 2 aromatic rings. The highest BCUT2D eigenvalue weighted by Gasteiger charge is 2.31. The van der Waals surface area contributed by atoms with E-state index in [2.05, 4.69) is 12.1 Å². The number of fused-ring (bicyclic) bond motifs is 1. The van der Waals surface area contributed by atoms with E-state index in [4.69, 9.17) is 4.74 Å². The zero-order valence-corrected chi connectivity index (χ0v) is 13.8. The summed E-state index contributed by atoms with van der Waals surface area (Å²) in [7, 11) is 0. The van der Waals surface area contributed by atoms with E-state index >= 15 is 0 Å². The lowest BCUT2D eigenvalue weighted by atomic mass is 9.87. The van der Waals surface area contributed by atoms with Gasteiger partial charge in [0, 0.05) is 6.42 Å². The minimum absolute atomic E-state index is 0.416. The molecule has 2 aromatic carbocycles. The summed E-state index contributed by atoms with van der Waals surface area (Å²) in [5, 5.41) is 18.7. The van der Waals surface area contributed by atoms with Crippen LogP contribution in [0.1, 0.15) is 55.4 Å². The molecule has 1 aliphatic rings. The van der Waals surface area contributed by atoms with Crippen LogP contribution in [0.25, 0.3) is 0 Å². The number of rotatable bonds is 1. The molecule has 1 heterocycles. The Morgan fingerprint density at radius 3 is 2.29 bits per heavy atom. The van der Waals surface area contributed by atoms with Crippen molar-refractivity contribution in [3.05, 3.63) is 68.8 Å². The number of carbonyl (C=O) groups excluding carboxylic acids is 1. The minimum atomic E-state index is -0.480. The predicted octanol–water partition coefficient (Wildman–Crippen LogP) is 3.81. The molecule has 1 unspecified atom stereocenters. The van der Waals surface area contributed by atoms with Crippen LogP contribution in [0.4, 0.5) is 0 Å². The number of hydrogen-bond acceptors (Lipinski definition) is 4. The molecule has 0 amide bonds. The summed E-state index contributed by atoms with van der Waals surface area (Å²) in [5.74, 6) is -0.416. The zero-order valence-electron chi connectivity index (χ0n) is 13.8. The normalized spacial score (nSPS) is 15.9. The van der Waals surface area contributed by atoms with Crippen molar-refractivity contribution in [2.24, 2.45) is 0 Å². The molecule has 1 aliphatic heterocycles. The summed E-state index contributed by atoms with van der Waals surface area (Å²) in [6.07, 6.45) is -0.0360. The molecular formula is C20H16N2O2. The molecule has 0 spiro atoms. The molecule has 0 fully saturated rings. The van der Waals surface area contributed by atoms with Crippen molar-refractivity contribution in [2.45, 2.75) is 33.3 Å². The lowest BCUT2D eigenvalue weighted by molar-refractivity contribution is 0.0251. The lowest BCUT2D eigenvalue weighted by Gasteiger charge is -2.27. The number of nitrogens with zero attached hydrogens (tertiary/aromatic N) is 2. The van der Waals surface area contributed by atoms with Crippen molar-refractivity contribution in [3.8, 4) is 12.1 Å². The number of nitriles is 2. The molecule has 0 saturated carbocycles. The second-order valence-corrected chi connectivity index (χ2v) is 6.19. The molecule has 0 saturated heterocycles. The van der Waals surface area contributed by atoms with Gasteiger partial charge in [-0.05, 0) is 66.8 Å². The minimum Gasteiger partial charge on any atom is -0.454 e. The highest BCUT2D eigenvalue weighted by Crippen LogP contribution is 2.35. The van der Waals surface area contributed by atoms with E-state index in [1.807, 2.05) is 32.9 Å². The number of aryl methyl sites for hydroxylation is 2. The fourth-order valence-electron chi connectivity index (χ4n) is 3.25. The molecule has 0 N–H and O–H groups in total. The third-order valence-corrected chi connectivity index (χ3v) is 4.43. The average molecular weight is 316 g/mol. The Bertz CT molecular complexity index is 946. The molecule has 4 nitrogen and oxygen atoms in total. The number of esters is 1. The van der Waals surface area contributed by atoms with E-state index in [9.17, 15) is 15.3 Å². The average Bonchev–Trinajstić information content (AvgIpc) is 2.56. The van der Waals surface area contributed by atoms with Crippen LogP contribution in [0, 0.1) is 43.4 Å². The molecule has 0 aromatic heterocycles. The summed E-state index contributed by atoms with van der Waals surface area (Å²) in [6, 6.07) is 11.7. The fourth-order valence-corrected chi connectivity index (χ4v) is 3.25. The van der Waals surface area contributed by atoms with Crippen LogP contribution in [0.2, 0.25) is 0 Å². The van der Waals surface area contributed by atoms with Gasteiger partial charge < -0.3 is 4.74 Å². The number of ether oxygens (including phenoxy) is 1. The van der Waals surface area contributed by atoms with Crippen LogP contribution in [0.5, 0.6) is 0 Å². The van der Waals surface area contributed by atoms with E-state index < -0.39 is 12.1 Å². The van der Waals surface area contributed by atoms with Crippen molar-refractivity contribution in [2.75, 3.05) is 0 Å². The van der Waals surface area contributed by atoms with Crippen LogP contribution in [-0.2, 0) is 11.2 Å². The Morgan fingerprint density at radius 1 is 1.00 bits per heavy atom. The summed E-state index contributed by atoms with van der Waals surface area (Å²) in [6.45, 7) is 5.62. The molecule has 0 radical (unpaired) electrons. The van der Waals surface area contributed by atoms with Gasteiger partial charge in [0.25, 0.3) is 0 Å². The van der Waals surface area contributed by atoms with E-state index in [-0.39, 0.29) is 0 Å². The molecule has 0 aliphatic carbocycles. The van der Waals surface area contributed by atoms with Crippen molar-refractivity contribution < 1.29 is 9.53 Å². The topological polar surface area (TPSA) is 73.9 Å². The first-order valence-corrected chi connectivity index (χ1v) is 7.70. The van der Waals surface area contributed by atoms with Crippen molar-refractivity contribution >= 4 is 5.97 Å². The van der Waals surface area contributed by atoms with Crippen molar-refractivity contribution in [1.29, 1.82) is 10.5 Å². The van der Waals surface area contributed by atoms with Crippen molar-refractivity contribution in [1.82, 2.24) is 0 Å². The second kappa shape index (κ2) is 5.83. The van der Waals surface area contributed by atoms with E-state index in [0.717, 1.165) is 27.8 Å². The van der Waals surface area contributed by atoms with E-state index in [1.54, 1.807) is 12.1 Å². The number of benzene rings is 2. The van der Waals surface area contributed by atoms with E-state index in [0.29, 0.717) is 23.1 Å². The molecule has 24 heavy (non-hydrogen) atoms. The van der Waals surface area contributed by atoms with Gasteiger partial charge in [0.05, 0.1) is 28.8 Å². The Hall–Kier alpha value is -3.11. The largest absolute Gasteiger partial charge is 0.454 e. The standard InChI is InChI=1S/C20H16N2O2/c1-11-4-14(9-21)13(3)16(6-11)19-8-17-15(10-22)5-12(2)7-18(17)20(23)24-19/h4-7,19H,8H2,1-3H3. The summed E-state index contributed by atoms with van der Waals surface area (Å²) < 4.78 is 5.63. The first kappa shape index (κ1) is 15.8. The van der Waals surface area contributed by atoms with Gasteiger partial charge in [0.15, 0.2) is 0 Å². The lowest BCUT2D eigenvalue weighted by Crippen LogP contribution is -2.24. The molecule has 118 valence electrons. The first-order chi connectivity index (χ1) is 11.4. The monoisotopic (exact) mass is 316 g/mol. The van der Waals surface area contributed by atoms with Crippen LogP contribution in [0.15, 0.2) is 24.3 Å². The predicted molar refractivity (Wildman–Crippen MR) is 88.4 cm³/mol. The van der Waals surface area contributed by atoms with Crippen LogP contribution >= 0.6 is 0 Å². The highest BCUT2D eigenvalue weighted by molar-refractivity contribution is 5.93. The van der Waals surface area contributed by atoms with Gasteiger partial charge in [-0.25, -0.2) is 4.79 Å². The molecule has 1 atom stereocenters. The maximum absolute atomic E-state index is 12.4. The van der Waals surface area contributed by atoms with Gasteiger partial charge in [-0.2, -0.15) is 10.5 Å². The van der Waals surface area contributed by atoms with Gasteiger partial charge in [0.1, 0.15) is 6.10 Å². The Kier molecular flexibility index (Phi) is 3.83. The third kappa shape index (κ3) is 2.53. The molecule has 3 rings (SSSR count). The SMILES string of the molecule is Cc1cc(C#N)c2c(c1)C(=O)OC(c1cc(C)cc(C#N)c1C)C2. The molecule has 0 bridgehead atoms. The van der Waals surface area contributed by atoms with Gasteiger partial charge in [-0.3, -0.25) is 0 Å². The van der Waals surface area contributed by atoms with Gasteiger partial charge in [-0.15, -0.1) is 0 Å². The summed E-state index contributed by atoms with van der Waals surface area (Å²) in [5.41, 5.74) is 5.73. The number of carbonyl (C=O) groups is 1. The Morgan fingerprint density at radius 2 is 1.62 bits per heavy atom. The quantitative estimate of drug-likeness (QED) is 0.750. The highest BCUT2D eigenvalue weighted by atomic mass is 16.5. The number of cyclic esters (lactones) is 1. The summed E-state index contributed by atoms with van der Waals surface area (Å²) >= 11 is 0. The van der Waals surface area contributed by atoms with Gasteiger partial charge in [0.2, 0.25) is 0 Å². The van der Waals surface area contributed by atoms with Crippen molar-refractivity contribution in [3.63, 3.8) is 0 Å². The van der Waals surface area contributed by atoms with Crippen LogP contribution in [-0.4, -0.2) is 5.97 Å². The molecule has 4 heteroatoms. The summed E-state index contributed by atoms with van der Waals surface area (Å²) in [4.78, 5) is 12.4. The maximum Gasteiger partial charge on any atom is 0.339 e. The third-order valence-electron chi connectivity index (χ3n) is 4.43. The van der Waals surface area contributed by atoms with Crippen LogP contribution in [0.3, 0.4) is 0 Å². The number of hydrogen-bond donors (Lipinski definition) is 0. The maximum atomic E-state index is 12.4. The smallest absolute Gasteiger partial charge is 0.339 e. The Labute approximate surface area is 140 Å². The second-order valence-electron chi connectivity index (χ2n) is 6.19. The van der Waals surface area contributed by atoms with Gasteiger partial charge in [-0.1, -0.05) is 6.07 Å². The fraction of sp³-hybridized carbons (Fsp3) is 0.250. The Balaban J connectivity index is 2.13. The van der Waals surface area contributed by atoms with E-state index in [1.165, 1.54) is 0 Å². The first-order valence-electron chi connectivity index (χ1n) is 7.70. The zero-order chi connectivity index (χ0) is 17.4.